The first kappa shape index (κ1) is 26.7. The molecular formula is C28H28F2N4O4. The van der Waals surface area contributed by atoms with E-state index in [1.807, 2.05) is 7.05 Å². The van der Waals surface area contributed by atoms with E-state index < -0.39 is 17.4 Å². The molecule has 0 atom stereocenters. The Bertz CT molecular complexity index is 1380. The van der Waals surface area contributed by atoms with E-state index in [0.29, 0.717) is 52.1 Å². The second kappa shape index (κ2) is 12.8. The first-order valence-electron chi connectivity index (χ1n) is 12.1. The summed E-state index contributed by atoms with van der Waals surface area (Å²) in [5.74, 6) is -0.397. The third-order valence-electron chi connectivity index (χ3n) is 5.55. The summed E-state index contributed by atoms with van der Waals surface area (Å²) in [5, 5.41) is 6.32. The third-order valence-corrected chi connectivity index (χ3v) is 5.55. The molecule has 0 spiro atoms. The lowest BCUT2D eigenvalue weighted by Gasteiger charge is -2.12. The first-order valence-corrected chi connectivity index (χ1v) is 12.1. The van der Waals surface area contributed by atoms with Gasteiger partial charge in [0, 0.05) is 61.5 Å². The Morgan fingerprint density at radius 3 is 2.47 bits per heavy atom. The number of halogens is 2. The number of nitrogens with one attached hydrogen (secondary N) is 2. The number of carbonyl (C=O) groups is 1. The molecule has 8 nitrogen and oxygen atoms in total. The number of fused-ring (bicyclic) bond motifs is 1. The highest BCUT2D eigenvalue weighted by molar-refractivity contribution is 5.86. The van der Waals surface area contributed by atoms with Gasteiger partial charge in [0.15, 0.2) is 23.7 Å². The van der Waals surface area contributed by atoms with Gasteiger partial charge >= 0.3 is 0 Å². The van der Waals surface area contributed by atoms with Gasteiger partial charge < -0.3 is 24.8 Å². The molecule has 0 saturated heterocycles. The predicted molar refractivity (Wildman–Crippen MR) is 140 cm³/mol. The molecule has 0 unspecified atom stereocenters. The van der Waals surface area contributed by atoms with Gasteiger partial charge in [0.1, 0.15) is 23.9 Å². The van der Waals surface area contributed by atoms with Gasteiger partial charge in [0.25, 0.3) is 0 Å². The highest BCUT2D eigenvalue weighted by Gasteiger charge is 2.24. The molecule has 2 aromatic heterocycles. The molecule has 1 aliphatic carbocycles. The molecule has 4 aromatic rings. The number of ether oxygens (including phenoxy) is 3. The van der Waals surface area contributed by atoms with Crippen LogP contribution in [0.2, 0.25) is 0 Å². The van der Waals surface area contributed by atoms with E-state index in [9.17, 15) is 13.6 Å². The highest BCUT2D eigenvalue weighted by Crippen LogP contribution is 2.34. The molecule has 2 heterocycles. The van der Waals surface area contributed by atoms with Crippen molar-refractivity contribution in [3.63, 3.8) is 0 Å². The first-order chi connectivity index (χ1) is 18.5. The summed E-state index contributed by atoms with van der Waals surface area (Å²) >= 11 is 0. The number of benzene rings is 2. The van der Waals surface area contributed by atoms with Crippen molar-refractivity contribution in [2.24, 2.45) is 0 Å². The number of carbonyl (C=O) groups excluding carboxylic acids is 1. The smallest absolute Gasteiger partial charge is 0.198 e. The summed E-state index contributed by atoms with van der Waals surface area (Å²) in [4.78, 5) is 18.6. The Morgan fingerprint density at radius 1 is 1.03 bits per heavy atom. The lowest BCUT2D eigenvalue weighted by atomic mass is 10.2. The number of rotatable bonds is 10. The zero-order valence-electron chi connectivity index (χ0n) is 21.0. The van der Waals surface area contributed by atoms with E-state index in [1.165, 1.54) is 24.5 Å². The SMILES string of the molecule is CNCCOc1ccc2c(Oc3c(F)cc(NC)cc3F)ccnc2c1.O=Cc1cnccc1OC1CC1. The fourth-order valence-electron chi connectivity index (χ4n) is 3.42. The van der Waals surface area contributed by atoms with Crippen LogP contribution < -0.4 is 24.8 Å². The fraction of sp³-hybridized carbons (Fsp3) is 0.250. The van der Waals surface area contributed by atoms with Crippen LogP contribution >= 0.6 is 0 Å². The van der Waals surface area contributed by atoms with Crippen LogP contribution in [0.1, 0.15) is 23.2 Å². The van der Waals surface area contributed by atoms with E-state index in [1.54, 1.807) is 43.6 Å². The number of anilines is 1. The van der Waals surface area contributed by atoms with E-state index >= 15 is 0 Å². The van der Waals surface area contributed by atoms with E-state index in [4.69, 9.17) is 14.2 Å². The number of aromatic nitrogens is 2. The Morgan fingerprint density at radius 2 is 1.79 bits per heavy atom. The van der Waals surface area contributed by atoms with Crippen LogP contribution in [0, 0.1) is 11.6 Å². The molecule has 0 aliphatic heterocycles. The minimum Gasteiger partial charge on any atom is -0.492 e. The summed E-state index contributed by atoms with van der Waals surface area (Å²) in [6.07, 6.45) is 7.96. The maximum atomic E-state index is 14.2. The second-order valence-electron chi connectivity index (χ2n) is 8.41. The van der Waals surface area contributed by atoms with Gasteiger partial charge in [-0.25, -0.2) is 8.78 Å². The van der Waals surface area contributed by atoms with E-state index in [-0.39, 0.29) is 0 Å². The molecule has 0 amide bonds. The van der Waals surface area contributed by atoms with Crippen LogP contribution in [0.25, 0.3) is 10.9 Å². The van der Waals surface area contributed by atoms with Crippen LogP contribution in [0.3, 0.4) is 0 Å². The Balaban J connectivity index is 0.000000232. The Kier molecular flexibility index (Phi) is 8.99. The summed E-state index contributed by atoms with van der Waals surface area (Å²) in [7, 11) is 3.43. The standard InChI is InChI=1S/C19H19F2N3O2.C9H9NO2/c1-22-7-8-25-13-3-4-14-17(11-13)24-6-5-18(14)26-19-15(20)9-12(23-2)10-16(19)21;11-6-7-5-10-4-3-9(7)12-8-1-2-8/h3-6,9-11,22-23H,7-8H2,1-2H3;3-6,8H,1-2H2. The normalized spacial score (nSPS) is 12.3. The molecule has 10 heteroatoms. The average molecular weight is 523 g/mol. The van der Waals surface area contributed by atoms with Crippen LogP contribution in [0.4, 0.5) is 14.5 Å². The van der Waals surface area contributed by atoms with Gasteiger partial charge in [-0.05, 0) is 44.2 Å². The number of nitrogens with zero attached hydrogens (tertiary/aromatic N) is 2. The molecule has 0 bridgehead atoms. The van der Waals surface area contributed by atoms with Crippen molar-refractivity contribution >= 4 is 22.9 Å². The summed E-state index contributed by atoms with van der Waals surface area (Å²) < 4.78 is 45.0. The fourth-order valence-corrected chi connectivity index (χ4v) is 3.42. The van der Waals surface area contributed by atoms with E-state index in [0.717, 1.165) is 25.7 Å². The molecule has 0 radical (unpaired) electrons. The topological polar surface area (TPSA) is 94.6 Å². The number of hydrogen-bond donors (Lipinski definition) is 2. The molecule has 1 aliphatic rings. The molecule has 2 N–H and O–H groups in total. The Hall–Kier alpha value is -4.31. The lowest BCUT2D eigenvalue weighted by molar-refractivity contribution is 0.111. The van der Waals surface area contributed by atoms with Crippen LogP contribution in [-0.2, 0) is 0 Å². The lowest BCUT2D eigenvalue weighted by Crippen LogP contribution is -2.15. The summed E-state index contributed by atoms with van der Waals surface area (Å²) in [6.45, 7) is 1.24. The van der Waals surface area contributed by atoms with Gasteiger partial charge in [-0.2, -0.15) is 0 Å². The third kappa shape index (κ3) is 6.92. The monoisotopic (exact) mass is 522 g/mol. The van der Waals surface area contributed by atoms with E-state index in [2.05, 4.69) is 20.6 Å². The van der Waals surface area contributed by atoms with Crippen LogP contribution in [0.5, 0.6) is 23.0 Å². The molecule has 38 heavy (non-hydrogen) atoms. The second-order valence-corrected chi connectivity index (χ2v) is 8.41. The zero-order valence-corrected chi connectivity index (χ0v) is 21.0. The minimum atomic E-state index is -0.786. The maximum absolute atomic E-state index is 14.2. The van der Waals surface area contributed by atoms with Gasteiger partial charge in [-0.15, -0.1) is 0 Å². The highest BCUT2D eigenvalue weighted by atomic mass is 19.1. The minimum absolute atomic E-state index is 0.312. The molecular weight excluding hydrogens is 494 g/mol. The number of likely N-dealkylation sites (N-methyl/N-ethyl adjacent to an activating group) is 1. The van der Waals surface area contributed by atoms with Gasteiger partial charge in [0.05, 0.1) is 17.2 Å². The number of hydrogen-bond acceptors (Lipinski definition) is 8. The largest absolute Gasteiger partial charge is 0.492 e. The number of aldehydes is 1. The van der Waals surface area contributed by atoms with Crippen LogP contribution in [-0.4, -0.2) is 49.6 Å². The van der Waals surface area contributed by atoms with Gasteiger partial charge in [-0.3, -0.25) is 14.8 Å². The zero-order chi connectivity index (χ0) is 26.9. The maximum Gasteiger partial charge on any atom is 0.198 e. The van der Waals surface area contributed by atoms with Crippen molar-refractivity contribution in [3.8, 4) is 23.0 Å². The Labute approximate surface area is 219 Å². The van der Waals surface area contributed by atoms with Gasteiger partial charge in [0.2, 0.25) is 0 Å². The molecule has 1 fully saturated rings. The predicted octanol–water partition coefficient (Wildman–Crippen LogP) is 5.38. The van der Waals surface area contributed by atoms with Crippen molar-refractivity contribution in [3.05, 3.63) is 78.3 Å². The summed E-state index contributed by atoms with van der Waals surface area (Å²) in [6, 6.07) is 10.9. The summed E-state index contributed by atoms with van der Waals surface area (Å²) in [5.41, 5.74) is 1.47. The quantitative estimate of drug-likeness (QED) is 0.212. The van der Waals surface area contributed by atoms with Crippen LogP contribution in [0.15, 0.2) is 61.1 Å². The average Bonchev–Trinajstić information content (AvgIpc) is 3.75. The molecule has 5 rings (SSSR count). The van der Waals surface area contributed by atoms with Crippen molar-refractivity contribution in [2.75, 3.05) is 32.6 Å². The van der Waals surface area contributed by atoms with Crippen molar-refractivity contribution in [1.29, 1.82) is 0 Å². The van der Waals surface area contributed by atoms with Gasteiger partial charge in [-0.1, -0.05) is 0 Å². The molecule has 198 valence electrons. The molecule has 2 aromatic carbocycles. The number of pyridine rings is 2. The van der Waals surface area contributed by atoms with Crippen molar-refractivity contribution in [2.45, 2.75) is 18.9 Å². The van der Waals surface area contributed by atoms with Crippen molar-refractivity contribution < 1.29 is 27.8 Å². The molecule has 1 saturated carbocycles. The van der Waals surface area contributed by atoms with Crippen molar-refractivity contribution in [1.82, 2.24) is 15.3 Å².